The Hall–Kier alpha value is -0.110. The predicted molar refractivity (Wildman–Crippen MR) is 40.7 cm³/mol. The van der Waals surface area contributed by atoms with E-state index in [4.69, 9.17) is 0 Å². The van der Waals surface area contributed by atoms with Crippen molar-refractivity contribution in [3.63, 3.8) is 0 Å². The zero-order valence-corrected chi connectivity index (χ0v) is 6.57. The van der Waals surface area contributed by atoms with Gasteiger partial charge in [0, 0.05) is 0 Å². The van der Waals surface area contributed by atoms with Crippen LogP contribution in [-0.4, -0.2) is 19.8 Å². The lowest BCUT2D eigenvalue weighted by Crippen LogP contribution is -2.18. The quantitative estimate of drug-likeness (QED) is 0.579. The van der Waals surface area contributed by atoms with Crippen LogP contribution in [0.1, 0.15) is 19.8 Å². The Morgan fingerprint density at radius 1 is 1.60 bits per heavy atom. The second-order valence-corrected chi connectivity index (χ2v) is 3.22. The molecule has 1 rings (SSSR count). The normalized spacial score (nSPS) is 30.6. The van der Waals surface area contributed by atoms with Crippen molar-refractivity contribution >= 4 is 0 Å². The van der Waals surface area contributed by atoms with E-state index >= 15 is 0 Å². The summed E-state index contributed by atoms with van der Waals surface area (Å²) >= 11 is 0. The molecule has 0 aromatic carbocycles. The third-order valence-corrected chi connectivity index (χ3v) is 2.17. The van der Waals surface area contributed by atoms with Crippen LogP contribution in [0.3, 0.4) is 0 Å². The summed E-state index contributed by atoms with van der Waals surface area (Å²) in [6.07, 6.45) is 2.03. The first kappa shape index (κ1) is 7.99. The molecular formula is C8H16FN. The highest BCUT2D eigenvalue weighted by Crippen LogP contribution is 2.36. The molecule has 1 aliphatic rings. The SMILES string of the molecule is CC1CC1CNCCCF. The van der Waals surface area contributed by atoms with Gasteiger partial charge in [0.1, 0.15) is 0 Å². The Balaban J connectivity index is 1.78. The van der Waals surface area contributed by atoms with Gasteiger partial charge in [-0.15, -0.1) is 0 Å². The van der Waals surface area contributed by atoms with Crippen molar-refractivity contribution in [2.24, 2.45) is 11.8 Å². The first-order valence-corrected chi connectivity index (χ1v) is 4.11. The van der Waals surface area contributed by atoms with Gasteiger partial charge in [0.15, 0.2) is 0 Å². The van der Waals surface area contributed by atoms with E-state index in [0.29, 0.717) is 6.42 Å². The topological polar surface area (TPSA) is 12.0 Å². The van der Waals surface area contributed by atoms with Crippen molar-refractivity contribution in [1.29, 1.82) is 0 Å². The average molecular weight is 145 g/mol. The Morgan fingerprint density at radius 3 is 2.80 bits per heavy atom. The third-order valence-electron chi connectivity index (χ3n) is 2.17. The fourth-order valence-corrected chi connectivity index (χ4v) is 1.16. The number of halogens is 1. The number of nitrogens with one attached hydrogen (secondary N) is 1. The highest BCUT2D eigenvalue weighted by molar-refractivity contribution is 4.83. The average Bonchev–Trinajstić information content (AvgIpc) is 2.60. The van der Waals surface area contributed by atoms with Crippen LogP contribution in [0.5, 0.6) is 0 Å². The second-order valence-electron chi connectivity index (χ2n) is 3.22. The van der Waals surface area contributed by atoms with Crippen LogP contribution in [0.4, 0.5) is 4.39 Å². The van der Waals surface area contributed by atoms with Crippen LogP contribution in [0.15, 0.2) is 0 Å². The maximum Gasteiger partial charge on any atom is 0.0906 e. The molecule has 0 amide bonds. The first-order valence-electron chi connectivity index (χ1n) is 4.11. The van der Waals surface area contributed by atoms with Crippen molar-refractivity contribution < 1.29 is 4.39 Å². The summed E-state index contributed by atoms with van der Waals surface area (Å²) in [6, 6.07) is 0. The first-order chi connectivity index (χ1) is 4.84. The van der Waals surface area contributed by atoms with Gasteiger partial charge in [0.05, 0.1) is 6.67 Å². The van der Waals surface area contributed by atoms with Crippen molar-refractivity contribution in [2.75, 3.05) is 19.8 Å². The van der Waals surface area contributed by atoms with E-state index < -0.39 is 0 Å². The summed E-state index contributed by atoms with van der Waals surface area (Å²) in [4.78, 5) is 0. The molecule has 2 unspecified atom stereocenters. The minimum absolute atomic E-state index is 0.187. The summed E-state index contributed by atoms with van der Waals surface area (Å²) in [5.74, 6) is 1.80. The zero-order valence-electron chi connectivity index (χ0n) is 6.57. The smallest absolute Gasteiger partial charge is 0.0906 e. The summed E-state index contributed by atoms with van der Waals surface area (Å²) < 4.78 is 11.6. The van der Waals surface area contributed by atoms with Gasteiger partial charge < -0.3 is 5.32 Å². The summed E-state index contributed by atoms with van der Waals surface area (Å²) in [7, 11) is 0. The zero-order chi connectivity index (χ0) is 7.40. The molecule has 0 bridgehead atoms. The largest absolute Gasteiger partial charge is 0.316 e. The molecule has 60 valence electrons. The Bertz CT molecular complexity index is 95.3. The molecule has 2 heteroatoms. The van der Waals surface area contributed by atoms with Crippen molar-refractivity contribution in [3.8, 4) is 0 Å². The molecule has 0 heterocycles. The van der Waals surface area contributed by atoms with E-state index in [-0.39, 0.29) is 6.67 Å². The molecule has 0 aromatic heterocycles. The van der Waals surface area contributed by atoms with Crippen LogP contribution in [0.2, 0.25) is 0 Å². The molecule has 10 heavy (non-hydrogen) atoms. The fraction of sp³-hybridized carbons (Fsp3) is 1.00. The van der Waals surface area contributed by atoms with Crippen molar-refractivity contribution in [2.45, 2.75) is 19.8 Å². The lowest BCUT2D eigenvalue weighted by molar-refractivity contribution is 0.455. The number of hydrogen-bond acceptors (Lipinski definition) is 1. The Kier molecular flexibility index (Phi) is 3.13. The maximum absolute atomic E-state index is 11.6. The van der Waals surface area contributed by atoms with E-state index in [1.807, 2.05) is 0 Å². The predicted octanol–water partition coefficient (Wildman–Crippen LogP) is 1.59. The van der Waals surface area contributed by atoms with Gasteiger partial charge in [-0.05, 0) is 37.8 Å². The Labute approximate surface area is 62.0 Å². The van der Waals surface area contributed by atoms with Gasteiger partial charge in [0.25, 0.3) is 0 Å². The monoisotopic (exact) mass is 145 g/mol. The highest BCUT2D eigenvalue weighted by atomic mass is 19.1. The van der Waals surface area contributed by atoms with Gasteiger partial charge >= 0.3 is 0 Å². The molecule has 0 radical (unpaired) electrons. The van der Waals surface area contributed by atoms with Crippen LogP contribution < -0.4 is 5.32 Å². The van der Waals surface area contributed by atoms with Gasteiger partial charge in [-0.25, -0.2) is 0 Å². The van der Waals surface area contributed by atoms with Crippen molar-refractivity contribution in [1.82, 2.24) is 5.32 Å². The van der Waals surface area contributed by atoms with E-state index in [9.17, 15) is 4.39 Å². The van der Waals surface area contributed by atoms with Gasteiger partial charge in [-0.3, -0.25) is 4.39 Å². The van der Waals surface area contributed by atoms with E-state index in [0.717, 1.165) is 24.9 Å². The van der Waals surface area contributed by atoms with E-state index in [1.165, 1.54) is 6.42 Å². The van der Waals surface area contributed by atoms with Gasteiger partial charge in [-0.1, -0.05) is 6.92 Å². The number of rotatable bonds is 5. The molecule has 1 fully saturated rings. The third kappa shape index (κ3) is 2.65. The summed E-state index contributed by atoms with van der Waals surface area (Å²) in [5.41, 5.74) is 0. The molecule has 0 aliphatic heterocycles. The highest BCUT2D eigenvalue weighted by Gasteiger charge is 2.31. The molecular weight excluding hydrogens is 129 g/mol. The molecule has 1 N–H and O–H groups in total. The van der Waals surface area contributed by atoms with Crippen LogP contribution in [0.25, 0.3) is 0 Å². The van der Waals surface area contributed by atoms with E-state index in [2.05, 4.69) is 12.2 Å². The maximum atomic E-state index is 11.6. The molecule has 1 saturated carbocycles. The second kappa shape index (κ2) is 3.91. The molecule has 1 aliphatic carbocycles. The van der Waals surface area contributed by atoms with Crippen LogP contribution in [0, 0.1) is 11.8 Å². The molecule has 0 aromatic rings. The molecule has 2 atom stereocenters. The van der Waals surface area contributed by atoms with E-state index in [1.54, 1.807) is 0 Å². The lowest BCUT2D eigenvalue weighted by atomic mass is 10.3. The Morgan fingerprint density at radius 2 is 2.30 bits per heavy atom. The van der Waals surface area contributed by atoms with Crippen molar-refractivity contribution in [3.05, 3.63) is 0 Å². The standard InChI is InChI=1S/C8H16FN/c1-7-5-8(7)6-10-4-2-3-9/h7-8,10H,2-6H2,1H3. The van der Waals surface area contributed by atoms with Gasteiger partial charge in [0.2, 0.25) is 0 Å². The van der Waals surface area contributed by atoms with Crippen LogP contribution >= 0.6 is 0 Å². The lowest BCUT2D eigenvalue weighted by Gasteiger charge is -1.99. The fourth-order valence-electron chi connectivity index (χ4n) is 1.16. The van der Waals surface area contributed by atoms with Crippen LogP contribution in [-0.2, 0) is 0 Å². The molecule has 0 spiro atoms. The molecule has 1 nitrogen and oxygen atoms in total. The number of hydrogen-bond donors (Lipinski definition) is 1. The summed E-state index contributed by atoms with van der Waals surface area (Å²) in [5, 5.41) is 3.24. The summed E-state index contributed by atoms with van der Waals surface area (Å²) in [6.45, 7) is 4.02. The minimum Gasteiger partial charge on any atom is -0.316 e. The molecule has 0 saturated heterocycles. The van der Waals surface area contributed by atoms with Gasteiger partial charge in [-0.2, -0.15) is 0 Å². The number of alkyl halides is 1. The minimum atomic E-state index is -0.187.